The van der Waals surface area contributed by atoms with Gasteiger partial charge in [0.25, 0.3) is 5.91 Å². The molecular formula is C20H19NO2. The molecule has 0 aliphatic rings. The van der Waals surface area contributed by atoms with Gasteiger partial charge in [-0.1, -0.05) is 43.3 Å². The van der Waals surface area contributed by atoms with Gasteiger partial charge >= 0.3 is 0 Å². The molecule has 3 nitrogen and oxygen atoms in total. The molecular weight excluding hydrogens is 286 g/mol. The van der Waals surface area contributed by atoms with E-state index in [0.29, 0.717) is 12.2 Å². The van der Waals surface area contributed by atoms with Gasteiger partial charge in [-0.05, 0) is 42.1 Å². The number of anilines is 1. The number of hydrogen-bond donors (Lipinski definition) is 1. The summed E-state index contributed by atoms with van der Waals surface area (Å²) in [6.07, 6.45) is 0.962. The van der Waals surface area contributed by atoms with Crippen LogP contribution < -0.4 is 10.1 Å². The first-order chi connectivity index (χ1) is 11.3. The molecule has 0 bridgehead atoms. The van der Waals surface area contributed by atoms with Crippen LogP contribution in [-0.2, 0) is 0 Å². The highest BCUT2D eigenvalue weighted by Gasteiger charge is 2.08. The van der Waals surface area contributed by atoms with Crippen LogP contribution in [0.15, 0.2) is 66.7 Å². The lowest BCUT2D eigenvalue weighted by molar-refractivity contribution is 0.102. The predicted octanol–water partition coefficient (Wildman–Crippen LogP) is 4.88. The maximum atomic E-state index is 12.4. The number of ether oxygens (including phenoxy) is 1. The molecule has 3 heteroatoms. The highest BCUT2D eigenvalue weighted by atomic mass is 16.5. The summed E-state index contributed by atoms with van der Waals surface area (Å²) in [7, 11) is 0. The SMILES string of the molecule is CCCOc1ccc(C(=O)Nc2cccc3ccccc23)cc1. The Morgan fingerprint density at radius 3 is 2.48 bits per heavy atom. The van der Waals surface area contributed by atoms with Crippen LogP contribution in [0, 0.1) is 0 Å². The molecule has 3 rings (SSSR count). The Morgan fingerprint density at radius 1 is 0.957 bits per heavy atom. The minimum atomic E-state index is -0.122. The number of hydrogen-bond acceptors (Lipinski definition) is 2. The molecule has 0 aromatic heterocycles. The van der Waals surface area contributed by atoms with Crippen molar-refractivity contribution in [3.05, 3.63) is 72.3 Å². The van der Waals surface area contributed by atoms with Crippen molar-refractivity contribution in [1.82, 2.24) is 0 Å². The molecule has 1 N–H and O–H groups in total. The van der Waals surface area contributed by atoms with Gasteiger partial charge in [0.1, 0.15) is 5.75 Å². The minimum Gasteiger partial charge on any atom is -0.494 e. The average molecular weight is 305 g/mol. The molecule has 0 saturated heterocycles. The lowest BCUT2D eigenvalue weighted by Gasteiger charge is -2.09. The normalized spacial score (nSPS) is 10.5. The molecule has 3 aromatic rings. The first-order valence-electron chi connectivity index (χ1n) is 7.80. The number of carbonyl (C=O) groups excluding carboxylic acids is 1. The summed E-state index contributed by atoms with van der Waals surface area (Å²) in [5, 5.41) is 5.12. The van der Waals surface area contributed by atoms with Crippen LogP contribution in [0.4, 0.5) is 5.69 Å². The summed E-state index contributed by atoms with van der Waals surface area (Å²) in [6, 6.07) is 21.1. The maximum absolute atomic E-state index is 12.4. The summed E-state index contributed by atoms with van der Waals surface area (Å²) >= 11 is 0. The Bertz CT molecular complexity index is 804. The van der Waals surface area contributed by atoms with Crippen LogP contribution in [-0.4, -0.2) is 12.5 Å². The second-order valence-electron chi connectivity index (χ2n) is 5.35. The largest absolute Gasteiger partial charge is 0.494 e. The van der Waals surface area contributed by atoms with Crippen molar-refractivity contribution in [2.24, 2.45) is 0 Å². The van der Waals surface area contributed by atoms with Crippen molar-refractivity contribution in [3.8, 4) is 5.75 Å². The lowest BCUT2D eigenvalue weighted by atomic mass is 10.1. The van der Waals surface area contributed by atoms with Gasteiger partial charge in [-0.3, -0.25) is 4.79 Å². The molecule has 0 aliphatic carbocycles. The molecule has 0 fully saturated rings. The molecule has 1 amide bonds. The molecule has 3 aromatic carbocycles. The summed E-state index contributed by atoms with van der Waals surface area (Å²) in [5.74, 6) is 0.664. The summed E-state index contributed by atoms with van der Waals surface area (Å²) in [5.41, 5.74) is 1.43. The first-order valence-corrected chi connectivity index (χ1v) is 7.80. The topological polar surface area (TPSA) is 38.3 Å². The van der Waals surface area contributed by atoms with Gasteiger partial charge in [-0.25, -0.2) is 0 Å². The highest BCUT2D eigenvalue weighted by molar-refractivity contribution is 6.09. The van der Waals surface area contributed by atoms with E-state index in [0.717, 1.165) is 28.6 Å². The van der Waals surface area contributed by atoms with Crippen molar-refractivity contribution in [2.45, 2.75) is 13.3 Å². The van der Waals surface area contributed by atoms with E-state index in [2.05, 4.69) is 12.2 Å². The predicted molar refractivity (Wildman–Crippen MR) is 94.1 cm³/mol. The molecule has 0 saturated carbocycles. The number of rotatable bonds is 5. The second-order valence-corrected chi connectivity index (χ2v) is 5.35. The fourth-order valence-electron chi connectivity index (χ4n) is 2.45. The third-order valence-electron chi connectivity index (χ3n) is 3.63. The standard InChI is InChI=1S/C20H19NO2/c1-2-14-23-17-12-10-16(11-13-17)20(22)21-19-9-5-7-15-6-3-4-8-18(15)19/h3-13H,2,14H2,1H3,(H,21,22). The zero-order valence-corrected chi connectivity index (χ0v) is 13.1. The lowest BCUT2D eigenvalue weighted by Crippen LogP contribution is -2.12. The number of nitrogens with one attached hydrogen (secondary N) is 1. The van der Waals surface area contributed by atoms with Crippen LogP contribution in [0.2, 0.25) is 0 Å². The van der Waals surface area contributed by atoms with E-state index in [1.165, 1.54) is 0 Å². The number of benzene rings is 3. The van der Waals surface area contributed by atoms with Gasteiger partial charge < -0.3 is 10.1 Å². The fourth-order valence-corrected chi connectivity index (χ4v) is 2.45. The van der Waals surface area contributed by atoms with Gasteiger partial charge in [0, 0.05) is 16.6 Å². The monoisotopic (exact) mass is 305 g/mol. The molecule has 0 spiro atoms. The molecule has 0 aliphatic heterocycles. The van der Waals surface area contributed by atoms with E-state index in [-0.39, 0.29) is 5.91 Å². The van der Waals surface area contributed by atoms with Crippen molar-refractivity contribution in [1.29, 1.82) is 0 Å². The van der Waals surface area contributed by atoms with Gasteiger partial charge in [-0.15, -0.1) is 0 Å². The highest BCUT2D eigenvalue weighted by Crippen LogP contribution is 2.23. The Hall–Kier alpha value is -2.81. The van der Waals surface area contributed by atoms with Crippen molar-refractivity contribution in [3.63, 3.8) is 0 Å². The van der Waals surface area contributed by atoms with Gasteiger partial charge in [0.05, 0.1) is 6.61 Å². The summed E-state index contributed by atoms with van der Waals surface area (Å²) in [6.45, 7) is 2.74. The Labute approximate surface area is 135 Å². The Balaban J connectivity index is 1.78. The molecule has 0 atom stereocenters. The van der Waals surface area contributed by atoms with Crippen LogP contribution in [0.3, 0.4) is 0 Å². The first kappa shape index (κ1) is 15.1. The van der Waals surface area contributed by atoms with E-state index < -0.39 is 0 Å². The summed E-state index contributed by atoms with van der Waals surface area (Å²) < 4.78 is 5.53. The molecule has 0 heterocycles. The van der Waals surface area contributed by atoms with Gasteiger partial charge in [0.15, 0.2) is 0 Å². The van der Waals surface area contributed by atoms with E-state index in [9.17, 15) is 4.79 Å². The number of amides is 1. The van der Waals surface area contributed by atoms with Crippen molar-refractivity contribution in [2.75, 3.05) is 11.9 Å². The van der Waals surface area contributed by atoms with Crippen molar-refractivity contribution >= 4 is 22.4 Å². The molecule has 0 radical (unpaired) electrons. The maximum Gasteiger partial charge on any atom is 0.255 e. The van der Waals surface area contributed by atoms with E-state index in [1.54, 1.807) is 12.1 Å². The fraction of sp³-hybridized carbons (Fsp3) is 0.150. The van der Waals surface area contributed by atoms with E-state index >= 15 is 0 Å². The third kappa shape index (κ3) is 3.51. The number of fused-ring (bicyclic) bond motifs is 1. The quantitative estimate of drug-likeness (QED) is 0.729. The van der Waals surface area contributed by atoms with Gasteiger partial charge in [0.2, 0.25) is 0 Å². The Morgan fingerprint density at radius 2 is 1.70 bits per heavy atom. The van der Waals surface area contributed by atoms with E-state index in [4.69, 9.17) is 4.74 Å². The van der Waals surface area contributed by atoms with E-state index in [1.807, 2.05) is 54.6 Å². The smallest absolute Gasteiger partial charge is 0.255 e. The average Bonchev–Trinajstić information content (AvgIpc) is 2.60. The minimum absolute atomic E-state index is 0.122. The van der Waals surface area contributed by atoms with Crippen LogP contribution in [0.25, 0.3) is 10.8 Å². The molecule has 23 heavy (non-hydrogen) atoms. The van der Waals surface area contributed by atoms with Crippen LogP contribution in [0.1, 0.15) is 23.7 Å². The van der Waals surface area contributed by atoms with Gasteiger partial charge in [-0.2, -0.15) is 0 Å². The zero-order valence-electron chi connectivity index (χ0n) is 13.1. The third-order valence-corrected chi connectivity index (χ3v) is 3.63. The van der Waals surface area contributed by atoms with Crippen LogP contribution >= 0.6 is 0 Å². The Kier molecular flexibility index (Phi) is 4.57. The van der Waals surface area contributed by atoms with Crippen molar-refractivity contribution < 1.29 is 9.53 Å². The zero-order chi connectivity index (χ0) is 16.1. The number of carbonyl (C=O) groups is 1. The molecule has 0 unspecified atom stereocenters. The summed E-state index contributed by atoms with van der Waals surface area (Å²) in [4.78, 5) is 12.4. The van der Waals surface area contributed by atoms with Crippen LogP contribution in [0.5, 0.6) is 5.75 Å². The molecule has 116 valence electrons. The second kappa shape index (κ2) is 6.97.